The molecule has 0 unspecified atom stereocenters. The number of anilines is 1. The quantitative estimate of drug-likeness (QED) is 0.781. The molecule has 1 aromatic carbocycles. The van der Waals surface area contributed by atoms with Gasteiger partial charge >= 0.3 is 12.0 Å². The minimum atomic E-state index is -0.842. The summed E-state index contributed by atoms with van der Waals surface area (Å²) in [5.41, 5.74) is 1.50. The summed E-state index contributed by atoms with van der Waals surface area (Å²) in [7, 11) is 0. The molecule has 0 spiro atoms. The van der Waals surface area contributed by atoms with E-state index in [4.69, 9.17) is 11.5 Å². The van der Waals surface area contributed by atoms with E-state index in [-0.39, 0.29) is 19.0 Å². The van der Waals surface area contributed by atoms with Crippen LogP contribution in [-0.4, -0.2) is 35.1 Å². The smallest absolute Gasteiger partial charge is 0.322 e. The van der Waals surface area contributed by atoms with Crippen molar-refractivity contribution in [1.29, 1.82) is 0 Å². The fraction of sp³-hybridized carbons (Fsp3) is 0.333. The summed E-state index contributed by atoms with van der Waals surface area (Å²) in [6.45, 7) is 2.62. The Hall–Kier alpha value is -2.48. The zero-order chi connectivity index (χ0) is 15.0. The van der Waals surface area contributed by atoms with Crippen LogP contribution in [0.1, 0.15) is 18.9 Å². The van der Waals surface area contributed by atoms with E-state index in [9.17, 15) is 9.59 Å². The second-order valence-electron chi connectivity index (χ2n) is 4.24. The SMILES string of the molecule is C#CCN(CC)C(=O)Nc1cccc(CCC(=O)O)c1. The van der Waals surface area contributed by atoms with Gasteiger partial charge in [-0.2, -0.15) is 0 Å². The van der Waals surface area contributed by atoms with E-state index < -0.39 is 5.97 Å². The van der Waals surface area contributed by atoms with Crippen LogP contribution in [0.5, 0.6) is 0 Å². The average Bonchev–Trinajstić information content (AvgIpc) is 2.42. The van der Waals surface area contributed by atoms with E-state index in [2.05, 4.69) is 11.2 Å². The van der Waals surface area contributed by atoms with Crippen molar-refractivity contribution < 1.29 is 14.7 Å². The predicted molar refractivity (Wildman–Crippen MR) is 77.5 cm³/mol. The number of carbonyl (C=O) groups excluding carboxylic acids is 1. The van der Waals surface area contributed by atoms with Crippen LogP contribution in [0.15, 0.2) is 24.3 Å². The molecule has 0 heterocycles. The molecule has 0 saturated heterocycles. The van der Waals surface area contributed by atoms with Crippen LogP contribution < -0.4 is 5.32 Å². The number of carboxylic acids is 1. The summed E-state index contributed by atoms with van der Waals surface area (Å²) in [4.78, 5) is 24.0. The van der Waals surface area contributed by atoms with Crippen LogP contribution in [0.2, 0.25) is 0 Å². The Kier molecular flexibility index (Phi) is 6.11. The van der Waals surface area contributed by atoms with Gasteiger partial charge in [-0.25, -0.2) is 4.79 Å². The lowest BCUT2D eigenvalue weighted by molar-refractivity contribution is -0.136. The zero-order valence-corrected chi connectivity index (χ0v) is 11.4. The number of nitrogens with one attached hydrogen (secondary N) is 1. The van der Waals surface area contributed by atoms with E-state index in [0.29, 0.717) is 18.7 Å². The molecule has 106 valence electrons. The van der Waals surface area contributed by atoms with E-state index >= 15 is 0 Å². The molecule has 1 rings (SSSR count). The summed E-state index contributed by atoms with van der Waals surface area (Å²) in [6.07, 6.45) is 5.70. The predicted octanol–water partition coefficient (Wildman–Crippen LogP) is 2.19. The second kappa shape index (κ2) is 7.85. The largest absolute Gasteiger partial charge is 0.481 e. The number of hydrogen-bond acceptors (Lipinski definition) is 2. The molecular formula is C15H18N2O3. The first-order valence-electron chi connectivity index (χ1n) is 6.37. The van der Waals surface area contributed by atoms with Crippen LogP contribution in [0.25, 0.3) is 0 Å². The molecular weight excluding hydrogens is 256 g/mol. The van der Waals surface area contributed by atoms with E-state index in [1.807, 2.05) is 13.0 Å². The Bertz CT molecular complexity index is 520. The molecule has 2 N–H and O–H groups in total. The summed E-state index contributed by atoms with van der Waals surface area (Å²) >= 11 is 0. The van der Waals surface area contributed by atoms with Crippen molar-refractivity contribution in [1.82, 2.24) is 4.90 Å². The van der Waals surface area contributed by atoms with Crippen molar-refractivity contribution in [2.24, 2.45) is 0 Å². The van der Waals surface area contributed by atoms with Gasteiger partial charge in [0.05, 0.1) is 6.54 Å². The number of amides is 2. The van der Waals surface area contributed by atoms with Gasteiger partial charge in [-0.1, -0.05) is 18.1 Å². The lowest BCUT2D eigenvalue weighted by Gasteiger charge is -2.18. The third-order valence-electron chi connectivity index (χ3n) is 2.76. The van der Waals surface area contributed by atoms with Crippen molar-refractivity contribution in [2.75, 3.05) is 18.4 Å². The molecule has 0 bridgehead atoms. The van der Waals surface area contributed by atoms with Gasteiger partial charge in [0.15, 0.2) is 0 Å². The van der Waals surface area contributed by atoms with Crippen molar-refractivity contribution in [3.8, 4) is 12.3 Å². The summed E-state index contributed by atoms with van der Waals surface area (Å²) < 4.78 is 0. The third-order valence-corrected chi connectivity index (χ3v) is 2.76. The number of carbonyl (C=O) groups is 2. The molecule has 0 saturated carbocycles. The normalized spacial score (nSPS) is 9.60. The topological polar surface area (TPSA) is 69.6 Å². The number of urea groups is 1. The molecule has 0 aliphatic rings. The van der Waals surface area contributed by atoms with Crippen LogP contribution >= 0.6 is 0 Å². The number of aliphatic carboxylic acids is 1. The summed E-state index contributed by atoms with van der Waals surface area (Å²) in [6, 6.07) is 6.87. The summed E-state index contributed by atoms with van der Waals surface area (Å²) in [5.74, 6) is 1.59. The van der Waals surface area contributed by atoms with Crippen LogP contribution in [0.3, 0.4) is 0 Å². The third kappa shape index (κ3) is 5.02. The van der Waals surface area contributed by atoms with Crippen LogP contribution in [0, 0.1) is 12.3 Å². The molecule has 5 heteroatoms. The fourth-order valence-corrected chi connectivity index (χ4v) is 1.70. The van der Waals surface area contributed by atoms with Gasteiger partial charge in [-0.05, 0) is 31.0 Å². The standard InChI is InChI=1S/C15H18N2O3/c1-3-10-17(4-2)15(20)16-13-7-5-6-12(11-13)8-9-14(18)19/h1,5-7,11H,4,8-10H2,2H3,(H,16,20)(H,18,19). The zero-order valence-electron chi connectivity index (χ0n) is 11.4. The van der Waals surface area contributed by atoms with E-state index in [1.165, 1.54) is 4.90 Å². The molecule has 20 heavy (non-hydrogen) atoms. The highest BCUT2D eigenvalue weighted by Gasteiger charge is 2.10. The molecule has 0 aliphatic heterocycles. The van der Waals surface area contributed by atoms with Gasteiger partial charge in [0.25, 0.3) is 0 Å². The maximum atomic E-state index is 11.9. The monoisotopic (exact) mass is 274 g/mol. The molecule has 0 aliphatic carbocycles. The Morgan fingerprint density at radius 1 is 1.45 bits per heavy atom. The molecule has 0 atom stereocenters. The van der Waals surface area contributed by atoms with Gasteiger partial charge < -0.3 is 15.3 Å². The molecule has 2 amide bonds. The maximum Gasteiger partial charge on any atom is 0.322 e. The van der Waals surface area contributed by atoms with Crippen molar-refractivity contribution in [3.05, 3.63) is 29.8 Å². The summed E-state index contributed by atoms with van der Waals surface area (Å²) in [5, 5.41) is 11.4. The van der Waals surface area contributed by atoms with Gasteiger partial charge in [0, 0.05) is 18.7 Å². The number of rotatable bonds is 6. The highest BCUT2D eigenvalue weighted by Crippen LogP contribution is 2.13. The van der Waals surface area contributed by atoms with Crippen LogP contribution in [-0.2, 0) is 11.2 Å². The van der Waals surface area contributed by atoms with Gasteiger partial charge in [-0.3, -0.25) is 4.79 Å². The fourth-order valence-electron chi connectivity index (χ4n) is 1.70. The first kappa shape index (κ1) is 15.6. The van der Waals surface area contributed by atoms with Gasteiger partial charge in [0.1, 0.15) is 0 Å². The number of carboxylic acid groups (broad SMARTS) is 1. The first-order chi connectivity index (χ1) is 9.56. The highest BCUT2D eigenvalue weighted by molar-refractivity contribution is 5.89. The first-order valence-corrected chi connectivity index (χ1v) is 6.37. The molecule has 5 nitrogen and oxygen atoms in total. The molecule has 0 fully saturated rings. The van der Waals surface area contributed by atoms with Gasteiger partial charge in [-0.15, -0.1) is 6.42 Å². The molecule has 0 radical (unpaired) electrons. The van der Waals surface area contributed by atoms with Crippen molar-refractivity contribution >= 4 is 17.7 Å². The maximum absolute atomic E-state index is 11.9. The number of benzene rings is 1. The van der Waals surface area contributed by atoms with Gasteiger partial charge in [0.2, 0.25) is 0 Å². The lowest BCUT2D eigenvalue weighted by Crippen LogP contribution is -2.35. The lowest BCUT2D eigenvalue weighted by atomic mass is 10.1. The molecule has 0 aromatic heterocycles. The number of hydrogen-bond donors (Lipinski definition) is 2. The van der Waals surface area contributed by atoms with Crippen molar-refractivity contribution in [2.45, 2.75) is 19.8 Å². The van der Waals surface area contributed by atoms with Crippen molar-refractivity contribution in [3.63, 3.8) is 0 Å². The van der Waals surface area contributed by atoms with E-state index in [0.717, 1.165) is 5.56 Å². The minimum absolute atomic E-state index is 0.0651. The Morgan fingerprint density at radius 2 is 2.20 bits per heavy atom. The number of aryl methyl sites for hydroxylation is 1. The second-order valence-corrected chi connectivity index (χ2v) is 4.24. The minimum Gasteiger partial charge on any atom is -0.481 e. The Balaban J connectivity index is 2.68. The number of nitrogens with zero attached hydrogens (tertiary/aromatic N) is 1. The number of terminal acetylenes is 1. The Morgan fingerprint density at radius 3 is 2.80 bits per heavy atom. The van der Waals surface area contributed by atoms with Crippen LogP contribution in [0.4, 0.5) is 10.5 Å². The average molecular weight is 274 g/mol. The Labute approximate surface area is 118 Å². The highest BCUT2D eigenvalue weighted by atomic mass is 16.4. The molecule has 1 aromatic rings. The van der Waals surface area contributed by atoms with E-state index in [1.54, 1.807) is 18.2 Å².